The zero-order valence-corrected chi connectivity index (χ0v) is 24.0. The summed E-state index contributed by atoms with van der Waals surface area (Å²) in [6, 6.07) is 3.86. The molecule has 2 aromatic rings. The van der Waals surface area contributed by atoms with Crippen molar-refractivity contribution in [2.45, 2.75) is 63.4 Å². The second-order valence-corrected chi connectivity index (χ2v) is 10.4. The third-order valence-corrected chi connectivity index (χ3v) is 7.68. The lowest BCUT2D eigenvalue weighted by atomic mass is 10.1. The summed E-state index contributed by atoms with van der Waals surface area (Å²) in [5.41, 5.74) is 3.42. The van der Waals surface area contributed by atoms with Crippen molar-refractivity contribution < 1.29 is 19.5 Å². The van der Waals surface area contributed by atoms with E-state index in [-0.39, 0.29) is 18.4 Å². The van der Waals surface area contributed by atoms with Gasteiger partial charge in [-0.05, 0) is 69.6 Å². The number of hydrogen-bond donors (Lipinski definition) is 3. The maximum atomic E-state index is 12.4. The van der Waals surface area contributed by atoms with Gasteiger partial charge in [-0.3, -0.25) is 14.4 Å². The highest BCUT2D eigenvalue weighted by molar-refractivity contribution is 7.98. The smallest absolute Gasteiger partial charge is 0.248 e. The molecule has 0 aliphatic rings. The van der Waals surface area contributed by atoms with Crippen molar-refractivity contribution in [3.05, 3.63) is 23.3 Å². The maximum Gasteiger partial charge on any atom is 0.248 e. The number of unbranched alkanes of at least 4 members (excludes halogenated alkanes) is 3. The van der Waals surface area contributed by atoms with Crippen LogP contribution in [0.1, 0.15) is 56.6 Å². The van der Waals surface area contributed by atoms with Gasteiger partial charge in [-0.25, -0.2) is 5.90 Å². The summed E-state index contributed by atoms with van der Waals surface area (Å²) in [6.07, 6.45) is 8.00. The molecule has 9 nitrogen and oxygen atoms in total. The van der Waals surface area contributed by atoms with Gasteiger partial charge in [-0.1, -0.05) is 13.3 Å². The Labute approximate surface area is 225 Å². The Hall–Kier alpha value is -2.27. The summed E-state index contributed by atoms with van der Waals surface area (Å²) in [5.74, 6) is 5.13. The quantitative estimate of drug-likeness (QED) is 0.162. The SMILES string of the molecule is CCc1c(SC)n(C)c2c(CN(C)CCCCN(C)C(=O)CCCCCNC(=O)CON)c(O)ccc12. The second-order valence-electron chi connectivity index (χ2n) is 9.59. The van der Waals surface area contributed by atoms with Crippen molar-refractivity contribution in [2.75, 3.05) is 46.6 Å². The molecule has 0 fully saturated rings. The van der Waals surface area contributed by atoms with E-state index in [9.17, 15) is 14.7 Å². The molecule has 0 bridgehead atoms. The van der Waals surface area contributed by atoms with E-state index in [0.717, 1.165) is 62.7 Å². The molecule has 37 heavy (non-hydrogen) atoms. The van der Waals surface area contributed by atoms with Crippen molar-refractivity contribution in [2.24, 2.45) is 12.9 Å². The van der Waals surface area contributed by atoms with E-state index in [2.05, 4.69) is 46.9 Å². The minimum Gasteiger partial charge on any atom is -0.508 e. The molecule has 0 saturated heterocycles. The van der Waals surface area contributed by atoms with Gasteiger partial charge in [-0.2, -0.15) is 0 Å². The number of amides is 2. The van der Waals surface area contributed by atoms with Crippen LogP contribution >= 0.6 is 11.8 Å². The van der Waals surface area contributed by atoms with E-state index >= 15 is 0 Å². The summed E-state index contributed by atoms with van der Waals surface area (Å²) in [7, 11) is 6.03. The highest BCUT2D eigenvalue weighted by Gasteiger charge is 2.19. The van der Waals surface area contributed by atoms with Crippen LogP contribution in [0, 0.1) is 0 Å². The molecular weight excluding hydrogens is 490 g/mol. The molecule has 1 aromatic carbocycles. The van der Waals surface area contributed by atoms with Crippen LogP contribution in [-0.4, -0.2) is 77.9 Å². The zero-order chi connectivity index (χ0) is 27.4. The first kappa shape index (κ1) is 31.0. The first-order valence-electron chi connectivity index (χ1n) is 13.1. The summed E-state index contributed by atoms with van der Waals surface area (Å²) >= 11 is 1.75. The third kappa shape index (κ3) is 8.91. The van der Waals surface area contributed by atoms with Crippen molar-refractivity contribution in [3.8, 4) is 5.75 Å². The Morgan fingerprint density at radius 1 is 1.11 bits per heavy atom. The van der Waals surface area contributed by atoms with Crippen LogP contribution in [0.15, 0.2) is 17.2 Å². The van der Waals surface area contributed by atoms with Gasteiger partial charge in [0.15, 0.2) is 0 Å². The van der Waals surface area contributed by atoms with Gasteiger partial charge in [0, 0.05) is 51.1 Å². The van der Waals surface area contributed by atoms with Gasteiger partial charge < -0.3 is 24.8 Å². The topological polar surface area (TPSA) is 113 Å². The average molecular weight is 536 g/mol. The lowest BCUT2D eigenvalue weighted by Crippen LogP contribution is -2.29. The molecule has 1 aromatic heterocycles. The van der Waals surface area contributed by atoms with Gasteiger partial charge in [0.2, 0.25) is 11.8 Å². The molecule has 0 radical (unpaired) electrons. The van der Waals surface area contributed by atoms with Gasteiger partial charge in [0.1, 0.15) is 12.4 Å². The fraction of sp³-hybridized carbons (Fsp3) is 0.630. The number of phenolic OH excluding ortho intramolecular Hbond substituents is 1. The highest BCUT2D eigenvalue weighted by Crippen LogP contribution is 2.37. The van der Waals surface area contributed by atoms with E-state index in [1.165, 1.54) is 16.0 Å². The molecule has 4 N–H and O–H groups in total. The summed E-state index contributed by atoms with van der Waals surface area (Å²) in [4.78, 5) is 32.0. The van der Waals surface area contributed by atoms with Crippen LogP contribution in [0.3, 0.4) is 0 Å². The normalized spacial score (nSPS) is 11.4. The number of benzene rings is 1. The molecule has 1 heterocycles. The molecular formula is C27H45N5O4S. The number of hydrogen-bond acceptors (Lipinski definition) is 7. The largest absolute Gasteiger partial charge is 0.508 e. The summed E-state index contributed by atoms with van der Waals surface area (Å²) in [6.45, 7) is 4.90. The molecule has 208 valence electrons. The van der Waals surface area contributed by atoms with E-state index in [4.69, 9.17) is 5.90 Å². The number of nitrogens with zero attached hydrogens (tertiary/aromatic N) is 3. The second kappa shape index (κ2) is 15.9. The summed E-state index contributed by atoms with van der Waals surface area (Å²) < 4.78 is 2.22. The van der Waals surface area contributed by atoms with E-state index < -0.39 is 0 Å². The number of thioether (sulfide) groups is 1. The van der Waals surface area contributed by atoms with Gasteiger partial charge in [0.05, 0.1) is 10.5 Å². The number of nitrogens with one attached hydrogen (secondary N) is 1. The van der Waals surface area contributed by atoms with E-state index in [0.29, 0.717) is 25.3 Å². The number of rotatable bonds is 17. The van der Waals surface area contributed by atoms with E-state index in [1.807, 2.05) is 24.1 Å². The maximum absolute atomic E-state index is 12.4. The molecule has 0 aliphatic heterocycles. The standard InChI is InChI=1S/C27H45N5O4S/c1-6-20-21-13-14-23(33)22(26(21)32(4)27(20)37-5)18-30(2)16-10-11-17-31(3)25(35)12-8-7-9-15-29-24(34)19-36-28/h13-14,33H,6-12,15-19,28H2,1-5H3,(H,29,34). The number of phenols is 1. The van der Waals surface area contributed by atoms with Crippen LogP contribution in [0.2, 0.25) is 0 Å². The number of carbonyl (C=O) groups is 2. The monoisotopic (exact) mass is 535 g/mol. The number of fused-ring (bicyclic) bond motifs is 1. The van der Waals surface area contributed by atoms with Crippen molar-refractivity contribution >= 4 is 34.5 Å². The minimum absolute atomic E-state index is 0.135. The van der Waals surface area contributed by atoms with Crippen LogP contribution in [0.5, 0.6) is 5.75 Å². The number of aromatic hydroxyl groups is 1. The predicted octanol–water partition coefficient (Wildman–Crippen LogP) is 3.41. The van der Waals surface area contributed by atoms with Crippen LogP contribution < -0.4 is 11.2 Å². The zero-order valence-electron chi connectivity index (χ0n) is 23.1. The van der Waals surface area contributed by atoms with E-state index in [1.54, 1.807) is 11.8 Å². The van der Waals surface area contributed by atoms with Gasteiger partial charge in [-0.15, -0.1) is 11.8 Å². The Bertz CT molecular complexity index is 1030. The van der Waals surface area contributed by atoms with Gasteiger partial charge >= 0.3 is 0 Å². The third-order valence-electron chi connectivity index (χ3n) is 6.77. The molecule has 0 atom stereocenters. The number of nitrogens with two attached hydrogens (primary N) is 1. The highest BCUT2D eigenvalue weighted by atomic mass is 32.2. The fourth-order valence-corrected chi connectivity index (χ4v) is 5.62. The molecule has 0 aliphatic carbocycles. The first-order chi connectivity index (χ1) is 17.7. The van der Waals surface area contributed by atoms with Crippen LogP contribution in [-0.2, 0) is 34.4 Å². The van der Waals surface area contributed by atoms with Crippen molar-refractivity contribution in [1.82, 2.24) is 19.7 Å². The molecule has 10 heteroatoms. The fourth-order valence-electron chi connectivity index (χ4n) is 4.76. The number of carbonyl (C=O) groups excluding carboxylic acids is 2. The van der Waals surface area contributed by atoms with Crippen LogP contribution in [0.4, 0.5) is 0 Å². The Morgan fingerprint density at radius 3 is 2.51 bits per heavy atom. The van der Waals surface area contributed by atoms with Gasteiger partial charge in [0.25, 0.3) is 0 Å². The predicted molar refractivity (Wildman–Crippen MR) is 151 cm³/mol. The lowest BCUT2D eigenvalue weighted by Gasteiger charge is -2.20. The molecule has 0 unspecified atom stereocenters. The van der Waals surface area contributed by atoms with Crippen molar-refractivity contribution in [1.29, 1.82) is 0 Å². The minimum atomic E-state index is -0.229. The molecule has 2 rings (SSSR count). The first-order valence-corrected chi connectivity index (χ1v) is 14.3. The average Bonchev–Trinajstić information content (AvgIpc) is 3.16. The lowest BCUT2D eigenvalue weighted by molar-refractivity contribution is -0.130. The number of aryl methyl sites for hydroxylation is 2. The Kier molecular flexibility index (Phi) is 13.3. The summed E-state index contributed by atoms with van der Waals surface area (Å²) in [5, 5.41) is 15.9. The Morgan fingerprint density at radius 2 is 1.84 bits per heavy atom. The van der Waals surface area contributed by atoms with Crippen LogP contribution in [0.25, 0.3) is 10.9 Å². The Balaban J connectivity index is 1.74. The molecule has 2 amide bonds. The number of aromatic nitrogens is 1. The molecule has 0 saturated carbocycles. The van der Waals surface area contributed by atoms with Crippen molar-refractivity contribution in [3.63, 3.8) is 0 Å². The molecule has 0 spiro atoms.